The Morgan fingerprint density at radius 1 is 0.739 bits per heavy atom. The molecule has 23 heavy (non-hydrogen) atoms. The van der Waals surface area contributed by atoms with Crippen LogP contribution in [0.3, 0.4) is 0 Å². The minimum atomic E-state index is -1.58. The highest BCUT2D eigenvalue weighted by molar-refractivity contribution is 7.80. The number of hydrogen-bond acceptors (Lipinski definition) is 10. The third-order valence-corrected chi connectivity index (χ3v) is 4.55. The van der Waals surface area contributed by atoms with Crippen LogP contribution in [-0.2, 0) is 14.2 Å². The van der Waals surface area contributed by atoms with E-state index in [9.17, 15) is 30.6 Å². The second-order valence-corrected chi connectivity index (χ2v) is 6.12. The average Bonchev–Trinajstić information content (AvgIpc) is 2.55. The summed E-state index contributed by atoms with van der Waals surface area (Å²) < 4.78 is 16.0. The van der Waals surface area contributed by atoms with Crippen LogP contribution in [0.5, 0.6) is 0 Å². The lowest BCUT2D eigenvalue weighted by Gasteiger charge is -2.44. The van der Waals surface area contributed by atoms with Gasteiger partial charge < -0.3 is 44.8 Å². The summed E-state index contributed by atoms with van der Waals surface area (Å²) in [4.78, 5) is 0. The quantitative estimate of drug-likeness (QED) is 0.261. The Morgan fingerprint density at radius 3 is 1.61 bits per heavy atom. The summed E-state index contributed by atoms with van der Waals surface area (Å²) in [7, 11) is 0. The van der Waals surface area contributed by atoms with E-state index >= 15 is 0 Å². The molecule has 2 aliphatic rings. The van der Waals surface area contributed by atoms with Crippen LogP contribution in [0.4, 0.5) is 0 Å². The fourth-order valence-electron chi connectivity index (χ4n) is 2.68. The van der Waals surface area contributed by atoms with Crippen LogP contribution >= 0.6 is 12.6 Å². The molecular formula is C13H24O9S. The summed E-state index contributed by atoms with van der Waals surface area (Å²) in [5.41, 5.74) is 0. The van der Waals surface area contributed by atoms with Gasteiger partial charge in [-0.15, -0.1) is 0 Å². The summed E-state index contributed by atoms with van der Waals surface area (Å²) in [6.07, 6.45) is -12.8. The highest BCUT2D eigenvalue weighted by Gasteiger charge is 2.49. The summed E-state index contributed by atoms with van der Waals surface area (Å²) >= 11 is 3.99. The van der Waals surface area contributed by atoms with Gasteiger partial charge in [0.15, 0.2) is 12.6 Å². The van der Waals surface area contributed by atoms with E-state index in [1.54, 1.807) is 6.92 Å². The lowest BCUT2D eigenvalue weighted by atomic mass is 9.97. The van der Waals surface area contributed by atoms with E-state index in [2.05, 4.69) is 12.6 Å². The molecule has 2 aliphatic heterocycles. The van der Waals surface area contributed by atoms with Gasteiger partial charge in [0.25, 0.3) is 0 Å². The predicted octanol–water partition coefficient (Wildman–Crippen LogP) is -3.04. The van der Waals surface area contributed by atoms with Gasteiger partial charge in [0.05, 0.1) is 12.2 Å². The first kappa shape index (κ1) is 19.3. The molecule has 2 heterocycles. The fraction of sp³-hybridized carbons (Fsp3) is 1.00. The number of aliphatic hydroxyl groups is 6. The first-order valence-electron chi connectivity index (χ1n) is 7.47. The van der Waals surface area contributed by atoms with E-state index in [0.717, 1.165) is 0 Å². The van der Waals surface area contributed by atoms with Crippen molar-refractivity contribution in [3.8, 4) is 0 Å². The molecule has 0 aromatic rings. The summed E-state index contributed by atoms with van der Waals surface area (Å²) in [6.45, 7) is 1.72. The van der Waals surface area contributed by atoms with Crippen molar-refractivity contribution in [1.82, 2.24) is 0 Å². The van der Waals surface area contributed by atoms with Gasteiger partial charge >= 0.3 is 0 Å². The topological polar surface area (TPSA) is 149 Å². The number of thiol groups is 1. The van der Waals surface area contributed by atoms with Crippen molar-refractivity contribution >= 4 is 12.6 Å². The van der Waals surface area contributed by atoms with E-state index in [-0.39, 0.29) is 5.75 Å². The zero-order chi connectivity index (χ0) is 17.3. The van der Waals surface area contributed by atoms with E-state index in [1.807, 2.05) is 0 Å². The Morgan fingerprint density at radius 2 is 1.17 bits per heavy atom. The molecule has 10 heteroatoms. The monoisotopic (exact) mass is 356 g/mol. The molecule has 2 fully saturated rings. The number of rotatable bonds is 4. The first-order valence-corrected chi connectivity index (χ1v) is 8.10. The molecule has 6 N–H and O–H groups in total. The number of ether oxygens (including phenoxy) is 3. The highest BCUT2D eigenvalue weighted by atomic mass is 32.1. The van der Waals surface area contributed by atoms with Crippen LogP contribution in [0.15, 0.2) is 0 Å². The molecule has 0 aromatic carbocycles. The molecule has 0 saturated carbocycles. The van der Waals surface area contributed by atoms with Crippen molar-refractivity contribution in [3.63, 3.8) is 0 Å². The molecule has 10 atom stereocenters. The predicted molar refractivity (Wildman–Crippen MR) is 78.6 cm³/mol. The van der Waals surface area contributed by atoms with Gasteiger partial charge in [0, 0.05) is 5.75 Å². The molecule has 2 rings (SSSR count). The zero-order valence-electron chi connectivity index (χ0n) is 12.5. The zero-order valence-corrected chi connectivity index (χ0v) is 13.4. The molecule has 5 unspecified atom stereocenters. The maximum absolute atomic E-state index is 9.95. The fourth-order valence-corrected chi connectivity index (χ4v) is 2.98. The van der Waals surface area contributed by atoms with Crippen molar-refractivity contribution in [2.45, 2.75) is 74.8 Å². The molecule has 9 nitrogen and oxygen atoms in total. The maximum atomic E-state index is 9.95. The van der Waals surface area contributed by atoms with Gasteiger partial charge in [-0.3, -0.25) is 0 Å². The van der Waals surface area contributed by atoms with Gasteiger partial charge in [0.1, 0.15) is 36.6 Å². The van der Waals surface area contributed by atoms with Crippen LogP contribution in [-0.4, -0.2) is 97.8 Å². The van der Waals surface area contributed by atoms with Crippen LogP contribution in [0.1, 0.15) is 13.3 Å². The first-order chi connectivity index (χ1) is 10.8. The molecule has 136 valence electrons. The third-order valence-electron chi connectivity index (χ3n) is 4.19. The Hall–Kier alpha value is -0.0100. The SMILES string of the molecule is CCC1O[C@@H](O[C@@H]2OC(CS)[C@@H](O)[C@H](O)C2O)C(O)C(O)[C@@H]1O. The Kier molecular flexibility index (Phi) is 6.65. The van der Waals surface area contributed by atoms with Gasteiger partial charge in [-0.2, -0.15) is 12.6 Å². The van der Waals surface area contributed by atoms with Crippen molar-refractivity contribution in [1.29, 1.82) is 0 Å². The molecule has 0 amide bonds. The molecule has 0 spiro atoms. The smallest absolute Gasteiger partial charge is 0.189 e. The Bertz CT molecular complexity index is 348. The van der Waals surface area contributed by atoms with E-state index < -0.39 is 61.4 Å². The largest absolute Gasteiger partial charge is 0.388 e. The van der Waals surface area contributed by atoms with E-state index in [1.165, 1.54) is 0 Å². The minimum absolute atomic E-state index is 0.0673. The molecule has 0 aromatic heterocycles. The normalized spacial score (nSPS) is 51.7. The standard InChI is InChI=1S/C13H24O9S/c1-2-4-6(14)8(16)10(18)12(20-4)22-13-11(19)9(17)7(15)5(3-23)21-13/h4-19,23H,2-3H2,1H3/t4?,5?,6-,7-,8?,9+,10?,11?,12+,13+/m1/s1. The second kappa shape index (κ2) is 7.91. The molecule has 2 saturated heterocycles. The summed E-state index contributed by atoms with van der Waals surface area (Å²) in [5.74, 6) is 0.0673. The number of aliphatic hydroxyl groups excluding tert-OH is 6. The van der Waals surface area contributed by atoms with E-state index in [4.69, 9.17) is 14.2 Å². The Balaban J connectivity index is 2.07. The van der Waals surface area contributed by atoms with Crippen LogP contribution < -0.4 is 0 Å². The van der Waals surface area contributed by atoms with Crippen molar-refractivity contribution in [2.75, 3.05) is 5.75 Å². The lowest BCUT2D eigenvalue weighted by Crippen LogP contribution is -2.63. The molecule has 0 aliphatic carbocycles. The maximum Gasteiger partial charge on any atom is 0.189 e. The molecule has 0 radical (unpaired) electrons. The highest BCUT2D eigenvalue weighted by Crippen LogP contribution is 2.29. The molecular weight excluding hydrogens is 332 g/mol. The van der Waals surface area contributed by atoms with E-state index in [0.29, 0.717) is 6.42 Å². The third kappa shape index (κ3) is 3.82. The van der Waals surface area contributed by atoms with Crippen molar-refractivity contribution in [3.05, 3.63) is 0 Å². The Labute approximate surface area is 138 Å². The molecule has 0 bridgehead atoms. The lowest BCUT2D eigenvalue weighted by molar-refractivity contribution is -0.371. The van der Waals surface area contributed by atoms with Crippen LogP contribution in [0.25, 0.3) is 0 Å². The summed E-state index contributed by atoms with van der Waals surface area (Å²) in [6, 6.07) is 0. The summed E-state index contributed by atoms with van der Waals surface area (Å²) in [5, 5.41) is 59.1. The van der Waals surface area contributed by atoms with Gasteiger partial charge in [-0.1, -0.05) is 6.92 Å². The van der Waals surface area contributed by atoms with Crippen LogP contribution in [0.2, 0.25) is 0 Å². The van der Waals surface area contributed by atoms with Crippen molar-refractivity contribution in [2.24, 2.45) is 0 Å². The number of hydrogen-bond donors (Lipinski definition) is 7. The minimum Gasteiger partial charge on any atom is -0.388 e. The van der Waals surface area contributed by atoms with Crippen LogP contribution in [0, 0.1) is 0 Å². The van der Waals surface area contributed by atoms with Gasteiger partial charge in [-0.25, -0.2) is 0 Å². The average molecular weight is 356 g/mol. The second-order valence-electron chi connectivity index (χ2n) is 5.76. The van der Waals surface area contributed by atoms with Gasteiger partial charge in [0.2, 0.25) is 0 Å². The van der Waals surface area contributed by atoms with Crippen molar-refractivity contribution < 1.29 is 44.8 Å². The van der Waals surface area contributed by atoms with Gasteiger partial charge in [-0.05, 0) is 6.42 Å².